The number of benzene rings is 1. The number of hydrogen-bond acceptors (Lipinski definition) is 8. The lowest BCUT2D eigenvalue weighted by Gasteiger charge is -2.34. The Morgan fingerprint density at radius 2 is 1.55 bits per heavy atom. The van der Waals surface area contributed by atoms with E-state index in [4.69, 9.17) is 14.7 Å². The van der Waals surface area contributed by atoms with E-state index in [-0.39, 0.29) is 23.4 Å². The number of carbonyl (C=O) groups excluding carboxylic acids is 1. The van der Waals surface area contributed by atoms with Gasteiger partial charge in [0.15, 0.2) is 0 Å². The molecule has 1 amide bonds. The summed E-state index contributed by atoms with van der Waals surface area (Å²) in [6, 6.07) is 19.0. The van der Waals surface area contributed by atoms with E-state index < -0.39 is 21.2 Å². The van der Waals surface area contributed by atoms with Gasteiger partial charge in [0.1, 0.15) is 16.8 Å². The third-order valence-corrected chi connectivity index (χ3v) is 10.6. The van der Waals surface area contributed by atoms with Gasteiger partial charge in [-0.1, -0.05) is 12.1 Å². The number of amides is 1. The van der Waals surface area contributed by atoms with Crippen molar-refractivity contribution < 1.29 is 17.9 Å². The summed E-state index contributed by atoms with van der Waals surface area (Å²) in [5, 5.41) is 4.14. The van der Waals surface area contributed by atoms with Gasteiger partial charge < -0.3 is 24.1 Å². The highest BCUT2D eigenvalue weighted by molar-refractivity contribution is 7.92. The zero-order valence-electron chi connectivity index (χ0n) is 29.9. The van der Waals surface area contributed by atoms with E-state index >= 15 is 0 Å². The van der Waals surface area contributed by atoms with Crippen molar-refractivity contribution in [1.82, 2.24) is 24.0 Å². The maximum absolute atomic E-state index is 13.4. The number of sulfonamides is 1. The summed E-state index contributed by atoms with van der Waals surface area (Å²) >= 11 is 0. The molecular weight excluding hydrogens is 667 g/mol. The number of ether oxygens (including phenoxy) is 1. The molecule has 268 valence electrons. The maximum Gasteiger partial charge on any atom is 0.410 e. The molecule has 0 saturated carbocycles. The van der Waals surface area contributed by atoms with Gasteiger partial charge in [0.05, 0.1) is 28.3 Å². The molecule has 0 atom stereocenters. The number of aromatic nitrogens is 4. The summed E-state index contributed by atoms with van der Waals surface area (Å²) in [5.74, 6) is -0.0976. The van der Waals surface area contributed by atoms with Crippen molar-refractivity contribution in [2.24, 2.45) is 7.05 Å². The first-order valence-electron chi connectivity index (χ1n) is 17.1. The van der Waals surface area contributed by atoms with Crippen LogP contribution in [0, 0.1) is 0 Å². The Bertz CT molecular complexity index is 2160. The Balaban J connectivity index is 1.43. The highest BCUT2D eigenvalue weighted by Crippen LogP contribution is 2.39. The van der Waals surface area contributed by atoms with Crippen LogP contribution < -0.4 is 15.6 Å². The SMILES string of the molecule is CCS(=O)(=O)Nc1cc(-c2cc(NC3CCN(C(=O)OC(C)(C)C)CC3)c(=O)n(C)c2)cc2c1ccn2C(C)(c1ccccn1)c1ccccn1. The Morgan fingerprint density at radius 1 is 0.922 bits per heavy atom. The Kier molecular flexibility index (Phi) is 9.69. The van der Waals surface area contributed by atoms with Gasteiger partial charge >= 0.3 is 6.09 Å². The molecule has 12 nitrogen and oxygen atoms in total. The van der Waals surface area contributed by atoms with E-state index in [0.29, 0.717) is 48.3 Å². The highest BCUT2D eigenvalue weighted by Gasteiger charge is 2.35. The van der Waals surface area contributed by atoms with Crippen LogP contribution in [0.25, 0.3) is 22.0 Å². The summed E-state index contributed by atoms with van der Waals surface area (Å²) in [6.45, 7) is 10.2. The van der Waals surface area contributed by atoms with Crippen molar-refractivity contribution in [3.63, 3.8) is 0 Å². The van der Waals surface area contributed by atoms with E-state index in [2.05, 4.69) is 14.6 Å². The van der Waals surface area contributed by atoms with E-state index in [0.717, 1.165) is 22.5 Å². The minimum absolute atomic E-state index is 0.0317. The third kappa shape index (κ3) is 7.48. The minimum atomic E-state index is -3.65. The van der Waals surface area contributed by atoms with Crippen LogP contribution in [0.3, 0.4) is 0 Å². The largest absolute Gasteiger partial charge is 0.444 e. The number of nitrogens with zero attached hydrogens (tertiary/aromatic N) is 5. The highest BCUT2D eigenvalue weighted by atomic mass is 32.2. The fourth-order valence-electron chi connectivity index (χ4n) is 6.53. The molecule has 1 saturated heterocycles. The number of pyridine rings is 3. The van der Waals surface area contributed by atoms with Crippen molar-refractivity contribution in [2.45, 2.75) is 64.6 Å². The van der Waals surface area contributed by atoms with Crippen LogP contribution in [0.2, 0.25) is 0 Å². The normalized spacial score (nSPS) is 14.4. The predicted octanol–water partition coefficient (Wildman–Crippen LogP) is 6.18. The van der Waals surface area contributed by atoms with Crippen molar-refractivity contribution in [1.29, 1.82) is 0 Å². The second-order valence-corrected chi connectivity index (χ2v) is 16.1. The quantitative estimate of drug-likeness (QED) is 0.185. The first-order chi connectivity index (χ1) is 24.2. The van der Waals surface area contributed by atoms with Crippen molar-refractivity contribution in [3.05, 3.63) is 107 Å². The van der Waals surface area contributed by atoms with Gasteiger partial charge in [-0.15, -0.1) is 0 Å². The third-order valence-electron chi connectivity index (χ3n) is 9.29. The number of likely N-dealkylation sites (tertiary alicyclic amines) is 1. The minimum Gasteiger partial charge on any atom is -0.444 e. The van der Waals surface area contributed by atoms with Crippen molar-refractivity contribution in [2.75, 3.05) is 28.9 Å². The van der Waals surface area contributed by atoms with Gasteiger partial charge in [0.2, 0.25) is 10.0 Å². The number of hydrogen-bond donors (Lipinski definition) is 2. The van der Waals surface area contributed by atoms with E-state index in [1.165, 1.54) is 4.57 Å². The molecule has 0 radical (unpaired) electrons. The molecule has 0 bridgehead atoms. The van der Waals surface area contributed by atoms with Crippen molar-refractivity contribution >= 4 is 38.4 Å². The fraction of sp³-hybridized carbons (Fsp3) is 0.368. The van der Waals surface area contributed by atoms with Gasteiger partial charge in [0, 0.05) is 61.9 Å². The molecule has 5 aromatic rings. The van der Waals surface area contributed by atoms with Crippen molar-refractivity contribution in [3.8, 4) is 11.1 Å². The van der Waals surface area contributed by atoms with Gasteiger partial charge in [-0.3, -0.25) is 19.5 Å². The predicted molar refractivity (Wildman–Crippen MR) is 200 cm³/mol. The Labute approximate surface area is 298 Å². The second-order valence-electron chi connectivity index (χ2n) is 14.1. The average molecular weight is 712 g/mol. The van der Waals surface area contributed by atoms with E-state index in [1.807, 2.05) is 94.6 Å². The lowest BCUT2D eigenvalue weighted by molar-refractivity contribution is 0.0210. The molecule has 6 rings (SSSR count). The first-order valence-corrected chi connectivity index (χ1v) is 18.8. The number of fused-ring (bicyclic) bond motifs is 1. The second kappa shape index (κ2) is 13.9. The monoisotopic (exact) mass is 711 g/mol. The Hall–Kier alpha value is -5.17. The smallest absolute Gasteiger partial charge is 0.410 e. The molecule has 5 heterocycles. The molecule has 4 aromatic heterocycles. The molecule has 1 aliphatic rings. The molecule has 51 heavy (non-hydrogen) atoms. The van der Waals surface area contributed by atoms with Gasteiger partial charge in [-0.05, 0) is 102 Å². The summed E-state index contributed by atoms with van der Waals surface area (Å²) in [7, 11) is -1.95. The lowest BCUT2D eigenvalue weighted by atomic mass is 9.91. The summed E-state index contributed by atoms with van der Waals surface area (Å²) in [4.78, 5) is 37.2. The molecule has 1 aliphatic heterocycles. The van der Waals surface area contributed by atoms with Crippen LogP contribution in [0.4, 0.5) is 16.2 Å². The van der Waals surface area contributed by atoms with Crippen LogP contribution in [0.5, 0.6) is 0 Å². The average Bonchev–Trinajstić information content (AvgIpc) is 3.55. The molecule has 2 N–H and O–H groups in total. The first kappa shape index (κ1) is 35.6. The number of carbonyl (C=O) groups is 1. The number of rotatable bonds is 9. The Morgan fingerprint density at radius 3 is 2.12 bits per heavy atom. The molecule has 13 heteroatoms. The molecule has 1 aromatic carbocycles. The zero-order valence-corrected chi connectivity index (χ0v) is 30.7. The van der Waals surface area contributed by atoms with Gasteiger partial charge in [-0.25, -0.2) is 13.2 Å². The molecule has 0 spiro atoms. The van der Waals surface area contributed by atoms with E-state index in [1.54, 1.807) is 37.5 Å². The molecule has 0 aliphatic carbocycles. The van der Waals surface area contributed by atoms with Crippen LogP contribution in [0.1, 0.15) is 58.8 Å². The summed E-state index contributed by atoms with van der Waals surface area (Å²) < 4.78 is 37.9. The van der Waals surface area contributed by atoms with Crippen LogP contribution in [0.15, 0.2) is 90.2 Å². The van der Waals surface area contributed by atoms with Gasteiger partial charge in [-0.2, -0.15) is 0 Å². The molecule has 0 unspecified atom stereocenters. The summed E-state index contributed by atoms with van der Waals surface area (Å²) in [6.07, 6.45) is 8.13. The van der Waals surface area contributed by atoms with Crippen LogP contribution in [-0.4, -0.2) is 69.0 Å². The van der Waals surface area contributed by atoms with Gasteiger partial charge in [0.25, 0.3) is 5.56 Å². The topological polar surface area (TPSA) is 140 Å². The standard InChI is InChI=1S/C38H45N7O5S/c1-7-51(48,49)42-30-22-26(24-32-29(30)16-21-45(32)38(5,33-12-8-10-17-39-33)34-13-9-11-18-40-34)27-23-31(35(46)43(6)25-27)41-28-14-19-44(20-15-28)36(47)50-37(2,3)4/h8-13,16-18,21-25,28,41-42H,7,14-15,19-20H2,1-6H3. The fourth-order valence-corrected chi connectivity index (χ4v) is 7.18. The number of anilines is 2. The number of nitrogens with one attached hydrogen (secondary N) is 2. The number of piperidine rings is 1. The molecule has 1 fully saturated rings. The molecular formula is C38H45N7O5S. The lowest BCUT2D eigenvalue weighted by Crippen LogP contribution is -2.45. The van der Waals surface area contributed by atoms with E-state index in [9.17, 15) is 18.0 Å². The number of aryl methyl sites for hydroxylation is 1. The van der Waals surface area contributed by atoms with Crippen LogP contribution in [-0.2, 0) is 27.3 Å². The summed E-state index contributed by atoms with van der Waals surface area (Å²) in [5.41, 5.74) is 2.90. The van der Waals surface area contributed by atoms with Crippen LogP contribution >= 0.6 is 0 Å². The maximum atomic E-state index is 13.4. The zero-order chi connectivity index (χ0) is 36.6.